The molecule has 5 nitrogen and oxygen atoms in total. The molecule has 0 aliphatic heterocycles. The molecule has 1 fully saturated rings. The van der Waals surface area contributed by atoms with Crippen molar-refractivity contribution >= 4 is 26.7 Å². The smallest absolute Gasteiger partial charge is 0.294 e. The Bertz CT molecular complexity index is 611. The molecule has 84 valence electrons. The first-order valence-corrected chi connectivity index (χ1v) is 6.19. The van der Waals surface area contributed by atoms with Crippen LogP contribution in [0.4, 0.5) is 5.13 Å². The SMILES string of the molecule is CCn1nc(C2CC2)c2sc(N)nc2c1=O. The molecule has 1 aliphatic rings. The van der Waals surface area contributed by atoms with Crippen LogP contribution in [0.3, 0.4) is 0 Å². The molecule has 0 amide bonds. The van der Waals surface area contributed by atoms with Crippen LogP contribution >= 0.6 is 11.3 Å². The zero-order chi connectivity index (χ0) is 11.3. The zero-order valence-corrected chi connectivity index (χ0v) is 9.75. The third kappa shape index (κ3) is 1.33. The first-order valence-electron chi connectivity index (χ1n) is 5.37. The molecule has 0 atom stereocenters. The third-order valence-electron chi connectivity index (χ3n) is 2.81. The first-order chi connectivity index (χ1) is 7.70. The minimum Gasteiger partial charge on any atom is -0.375 e. The number of hydrogen-bond donors (Lipinski definition) is 1. The summed E-state index contributed by atoms with van der Waals surface area (Å²) in [5.41, 5.74) is 7.03. The Labute approximate surface area is 95.9 Å². The van der Waals surface area contributed by atoms with Gasteiger partial charge in [-0.05, 0) is 19.8 Å². The lowest BCUT2D eigenvalue weighted by molar-refractivity contribution is 0.607. The molecule has 1 saturated carbocycles. The highest BCUT2D eigenvalue weighted by Gasteiger charge is 2.29. The Morgan fingerprint density at radius 2 is 2.31 bits per heavy atom. The molecule has 2 aromatic heterocycles. The van der Waals surface area contributed by atoms with Crippen molar-refractivity contribution in [2.45, 2.75) is 32.2 Å². The van der Waals surface area contributed by atoms with Crippen LogP contribution in [0.25, 0.3) is 10.2 Å². The van der Waals surface area contributed by atoms with Crippen LogP contribution in [-0.2, 0) is 6.54 Å². The molecule has 0 spiro atoms. The summed E-state index contributed by atoms with van der Waals surface area (Å²) in [5, 5.41) is 4.86. The number of rotatable bonds is 2. The number of nitrogens with two attached hydrogens (primary N) is 1. The molecule has 1 aliphatic carbocycles. The van der Waals surface area contributed by atoms with Gasteiger partial charge >= 0.3 is 0 Å². The molecular formula is C10H12N4OS. The summed E-state index contributed by atoms with van der Waals surface area (Å²) >= 11 is 1.37. The predicted octanol–water partition coefficient (Wildman–Crippen LogP) is 1.33. The summed E-state index contributed by atoms with van der Waals surface area (Å²) in [5.74, 6) is 0.501. The van der Waals surface area contributed by atoms with E-state index in [1.807, 2.05) is 6.92 Å². The van der Waals surface area contributed by atoms with E-state index in [9.17, 15) is 4.79 Å². The molecule has 2 N–H and O–H groups in total. The van der Waals surface area contributed by atoms with E-state index in [0.29, 0.717) is 23.1 Å². The minimum absolute atomic E-state index is 0.130. The van der Waals surface area contributed by atoms with Gasteiger partial charge in [0.05, 0.1) is 10.4 Å². The normalized spacial score (nSPS) is 15.8. The lowest BCUT2D eigenvalue weighted by Crippen LogP contribution is -2.23. The largest absolute Gasteiger partial charge is 0.375 e. The van der Waals surface area contributed by atoms with E-state index >= 15 is 0 Å². The van der Waals surface area contributed by atoms with Crippen LogP contribution in [0.15, 0.2) is 4.79 Å². The molecule has 6 heteroatoms. The summed E-state index contributed by atoms with van der Waals surface area (Å²) in [6.07, 6.45) is 2.31. The highest BCUT2D eigenvalue weighted by atomic mass is 32.1. The molecule has 0 radical (unpaired) electrons. The average molecular weight is 236 g/mol. The van der Waals surface area contributed by atoms with Crippen LogP contribution < -0.4 is 11.3 Å². The number of thiazole rings is 1. The van der Waals surface area contributed by atoms with E-state index in [0.717, 1.165) is 23.2 Å². The third-order valence-corrected chi connectivity index (χ3v) is 3.71. The molecule has 0 bridgehead atoms. The predicted molar refractivity (Wildman–Crippen MR) is 63.7 cm³/mol. The number of nitrogens with zero attached hydrogens (tertiary/aromatic N) is 3. The van der Waals surface area contributed by atoms with Crippen LogP contribution in [0, 0.1) is 0 Å². The maximum Gasteiger partial charge on any atom is 0.294 e. The van der Waals surface area contributed by atoms with E-state index in [1.165, 1.54) is 16.0 Å². The van der Waals surface area contributed by atoms with Gasteiger partial charge < -0.3 is 5.73 Å². The Morgan fingerprint density at radius 3 is 2.94 bits per heavy atom. The van der Waals surface area contributed by atoms with Crippen LogP contribution in [0.1, 0.15) is 31.4 Å². The van der Waals surface area contributed by atoms with Gasteiger partial charge in [-0.3, -0.25) is 4.79 Å². The maximum absolute atomic E-state index is 12.0. The second-order valence-electron chi connectivity index (χ2n) is 4.01. The van der Waals surface area contributed by atoms with Crippen molar-refractivity contribution in [3.63, 3.8) is 0 Å². The van der Waals surface area contributed by atoms with Crippen molar-refractivity contribution in [1.82, 2.24) is 14.8 Å². The van der Waals surface area contributed by atoms with Gasteiger partial charge in [0.1, 0.15) is 0 Å². The molecule has 3 rings (SSSR count). The quantitative estimate of drug-likeness (QED) is 0.853. The fourth-order valence-electron chi connectivity index (χ4n) is 1.84. The summed E-state index contributed by atoms with van der Waals surface area (Å²) in [6.45, 7) is 2.48. The number of nitrogen functional groups attached to an aromatic ring is 1. The molecule has 0 aromatic carbocycles. The number of hydrogen-bond acceptors (Lipinski definition) is 5. The highest BCUT2D eigenvalue weighted by molar-refractivity contribution is 7.22. The van der Waals surface area contributed by atoms with E-state index in [2.05, 4.69) is 10.1 Å². The van der Waals surface area contributed by atoms with Crippen molar-refractivity contribution in [3.8, 4) is 0 Å². The second kappa shape index (κ2) is 3.28. The van der Waals surface area contributed by atoms with E-state index in [4.69, 9.17) is 5.73 Å². The lowest BCUT2D eigenvalue weighted by atomic mass is 10.2. The monoisotopic (exact) mass is 236 g/mol. The van der Waals surface area contributed by atoms with Crippen LogP contribution in [0.5, 0.6) is 0 Å². The Balaban J connectivity index is 2.39. The van der Waals surface area contributed by atoms with Crippen molar-refractivity contribution < 1.29 is 0 Å². The number of aryl methyl sites for hydroxylation is 1. The molecule has 2 heterocycles. The fourth-order valence-corrected chi connectivity index (χ4v) is 2.72. The van der Waals surface area contributed by atoms with E-state index in [1.54, 1.807) is 0 Å². The van der Waals surface area contributed by atoms with Crippen LogP contribution in [0.2, 0.25) is 0 Å². The zero-order valence-electron chi connectivity index (χ0n) is 8.93. The van der Waals surface area contributed by atoms with Gasteiger partial charge in [-0.25, -0.2) is 9.67 Å². The van der Waals surface area contributed by atoms with E-state index < -0.39 is 0 Å². The number of anilines is 1. The lowest BCUT2D eigenvalue weighted by Gasteiger charge is -2.04. The maximum atomic E-state index is 12.0. The molecule has 0 saturated heterocycles. The fraction of sp³-hybridized carbons (Fsp3) is 0.500. The van der Waals surface area contributed by atoms with Gasteiger partial charge in [0, 0.05) is 12.5 Å². The first kappa shape index (κ1) is 9.77. The Hall–Kier alpha value is -1.43. The van der Waals surface area contributed by atoms with Crippen molar-refractivity contribution in [1.29, 1.82) is 0 Å². The van der Waals surface area contributed by atoms with Gasteiger partial charge in [-0.15, -0.1) is 0 Å². The number of fused-ring (bicyclic) bond motifs is 1. The molecule has 2 aromatic rings. The topological polar surface area (TPSA) is 73.8 Å². The average Bonchev–Trinajstić information content (AvgIpc) is 3.01. The molecule has 16 heavy (non-hydrogen) atoms. The highest BCUT2D eigenvalue weighted by Crippen LogP contribution is 2.42. The second-order valence-corrected chi connectivity index (χ2v) is 5.04. The molecule has 0 unspecified atom stereocenters. The van der Waals surface area contributed by atoms with Gasteiger partial charge in [-0.2, -0.15) is 5.10 Å². The van der Waals surface area contributed by atoms with Crippen molar-refractivity contribution in [2.24, 2.45) is 0 Å². The summed E-state index contributed by atoms with van der Waals surface area (Å²) in [6, 6.07) is 0. The van der Waals surface area contributed by atoms with Crippen molar-refractivity contribution in [3.05, 3.63) is 16.0 Å². The Morgan fingerprint density at radius 1 is 1.56 bits per heavy atom. The van der Waals surface area contributed by atoms with E-state index in [-0.39, 0.29) is 5.56 Å². The molecular weight excluding hydrogens is 224 g/mol. The van der Waals surface area contributed by atoms with Gasteiger partial charge in [-0.1, -0.05) is 11.3 Å². The minimum atomic E-state index is -0.130. The number of aromatic nitrogens is 3. The van der Waals surface area contributed by atoms with Gasteiger partial charge in [0.15, 0.2) is 10.6 Å². The van der Waals surface area contributed by atoms with Crippen molar-refractivity contribution in [2.75, 3.05) is 5.73 Å². The van der Waals surface area contributed by atoms with Gasteiger partial charge in [0.25, 0.3) is 5.56 Å². The summed E-state index contributed by atoms with van der Waals surface area (Å²) in [7, 11) is 0. The standard InChI is InChI=1S/C10H12N4OS/c1-2-14-9(15)7-8(16-10(11)12-7)6(13-14)5-3-4-5/h5H,2-4H2,1H3,(H2,11,12). The Kier molecular flexibility index (Phi) is 2.00. The van der Waals surface area contributed by atoms with Gasteiger partial charge in [0.2, 0.25) is 0 Å². The van der Waals surface area contributed by atoms with Crippen LogP contribution in [-0.4, -0.2) is 14.8 Å². The summed E-state index contributed by atoms with van der Waals surface area (Å²) < 4.78 is 2.37. The summed E-state index contributed by atoms with van der Waals surface area (Å²) in [4.78, 5) is 16.1.